The van der Waals surface area contributed by atoms with Gasteiger partial charge in [0.2, 0.25) is 0 Å². The van der Waals surface area contributed by atoms with Crippen LogP contribution >= 0.6 is 0 Å². The monoisotopic (exact) mass is 151 g/mol. The quantitative estimate of drug-likeness (QED) is 0.547. The van der Waals surface area contributed by atoms with E-state index in [2.05, 4.69) is 11.4 Å². The fourth-order valence-corrected chi connectivity index (χ4v) is 2.46. The van der Waals surface area contributed by atoms with Gasteiger partial charge in [-0.1, -0.05) is 0 Å². The molecule has 0 aromatic carbocycles. The van der Waals surface area contributed by atoms with Gasteiger partial charge in [0.15, 0.2) is 0 Å². The van der Waals surface area contributed by atoms with Crippen molar-refractivity contribution in [1.82, 2.24) is 5.32 Å². The highest BCUT2D eigenvalue weighted by Crippen LogP contribution is 2.45. The van der Waals surface area contributed by atoms with Crippen LogP contribution in [0.15, 0.2) is 0 Å². The lowest BCUT2D eigenvalue weighted by Gasteiger charge is -2.41. The zero-order valence-corrected chi connectivity index (χ0v) is 6.67. The van der Waals surface area contributed by atoms with E-state index in [0.29, 0.717) is 17.9 Å². The lowest BCUT2D eigenvalue weighted by molar-refractivity contribution is 0.150. The van der Waals surface area contributed by atoms with Crippen molar-refractivity contribution in [2.75, 3.05) is 6.54 Å². The van der Waals surface area contributed by atoms with Crippen molar-refractivity contribution in [3.05, 3.63) is 0 Å². The number of hydrogen-bond donors (Lipinski definition) is 2. The average molecular weight is 151 g/mol. The van der Waals surface area contributed by atoms with Crippen molar-refractivity contribution >= 4 is 0 Å². The van der Waals surface area contributed by atoms with Crippen molar-refractivity contribution < 1.29 is 0 Å². The molecule has 0 spiro atoms. The lowest BCUT2D eigenvalue weighted by Crippen LogP contribution is -2.55. The molecule has 0 aromatic rings. The molecule has 4 atom stereocenters. The molecule has 4 unspecified atom stereocenters. The van der Waals surface area contributed by atoms with Gasteiger partial charge in [-0.05, 0) is 25.8 Å². The molecule has 60 valence electrons. The molecule has 2 saturated heterocycles. The summed E-state index contributed by atoms with van der Waals surface area (Å²) < 4.78 is 0. The third-order valence-electron chi connectivity index (χ3n) is 3.07. The van der Waals surface area contributed by atoms with Crippen LogP contribution in [0.2, 0.25) is 0 Å². The standard InChI is InChI=1S/C8H13N3/c1-8(10,4-9)7-5-2-6(7)11-3-5/h5-7,11H,2-3,10H2,1H3. The molecule has 11 heavy (non-hydrogen) atoms. The van der Waals surface area contributed by atoms with Gasteiger partial charge in [-0.15, -0.1) is 0 Å². The van der Waals surface area contributed by atoms with E-state index >= 15 is 0 Å². The molecule has 3 rings (SSSR count). The molecule has 0 radical (unpaired) electrons. The van der Waals surface area contributed by atoms with E-state index in [0.717, 1.165) is 6.54 Å². The molecule has 0 aromatic heterocycles. The Kier molecular flexibility index (Phi) is 1.26. The molecule has 2 heterocycles. The maximum atomic E-state index is 8.79. The maximum Gasteiger partial charge on any atom is 0.106 e. The summed E-state index contributed by atoms with van der Waals surface area (Å²) in [5, 5.41) is 12.1. The number of fused-ring (bicyclic) bond motifs is 1. The van der Waals surface area contributed by atoms with E-state index in [4.69, 9.17) is 11.0 Å². The average Bonchev–Trinajstić information content (AvgIpc) is 2.44. The number of nitriles is 1. The van der Waals surface area contributed by atoms with Crippen LogP contribution < -0.4 is 11.1 Å². The molecular weight excluding hydrogens is 138 g/mol. The number of nitrogens with two attached hydrogens (primary N) is 1. The van der Waals surface area contributed by atoms with Gasteiger partial charge >= 0.3 is 0 Å². The Bertz CT molecular complexity index is 202. The summed E-state index contributed by atoms with van der Waals surface area (Å²) in [6, 6.07) is 2.70. The maximum absolute atomic E-state index is 8.79. The van der Waals surface area contributed by atoms with E-state index in [1.54, 1.807) is 0 Å². The third-order valence-corrected chi connectivity index (χ3v) is 3.07. The minimum atomic E-state index is -0.614. The van der Waals surface area contributed by atoms with Crippen molar-refractivity contribution in [2.24, 2.45) is 17.6 Å². The Morgan fingerprint density at radius 1 is 1.73 bits per heavy atom. The second-order valence-electron chi connectivity index (χ2n) is 3.93. The molecular formula is C8H13N3. The van der Waals surface area contributed by atoms with Crippen molar-refractivity contribution in [3.63, 3.8) is 0 Å². The Morgan fingerprint density at radius 2 is 2.45 bits per heavy atom. The Hall–Kier alpha value is -0.590. The summed E-state index contributed by atoms with van der Waals surface area (Å²) >= 11 is 0. The molecule has 3 heteroatoms. The normalized spacial score (nSPS) is 45.7. The molecule has 3 fully saturated rings. The largest absolute Gasteiger partial charge is 0.313 e. The fourth-order valence-electron chi connectivity index (χ4n) is 2.46. The molecule has 1 aliphatic carbocycles. The summed E-state index contributed by atoms with van der Waals surface area (Å²) in [6.07, 6.45) is 1.22. The van der Waals surface area contributed by atoms with Crippen LogP contribution in [0.1, 0.15) is 13.3 Å². The van der Waals surface area contributed by atoms with Crippen molar-refractivity contribution in [3.8, 4) is 6.07 Å². The zero-order valence-electron chi connectivity index (χ0n) is 6.67. The Labute approximate surface area is 66.6 Å². The van der Waals surface area contributed by atoms with Crippen LogP contribution in [0.3, 0.4) is 0 Å². The molecule has 0 amide bonds. The summed E-state index contributed by atoms with van der Waals surface area (Å²) in [6.45, 7) is 2.90. The number of nitrogens with zero attached hydrogens (tertiary/aromatic N) is 1. The highest BCUT2D eigenvalue weighted by atomic mass is 15.0. The first-order chi connectivity index (χ1) is 5.15. The van der Waals surface area contributed by atoms with E-state index in [1.165, 1.54) is 6.42 Å². The summed E-state index contributed by atoms with van der Waals surface area (Å²) in [4.78, 5) is 0. The highest BCUT2D eigenvalue weighted by Gasteiger charge is 2.54. The predicted molar refractivity (Wildman–Crippen MR) is 41.6 cm³/mol. The Balaban J connectivity index is 2.14. The SMILES string of the molecule is CC(N)(C#N)C1C2CNC1C2. The van der Waals surface area contributed by atoms with Gasteiger partial charge in [0.1, 0.15) is 5.54 Å². The minimum absolute atomic E-state index is 0.396. The fraction of sp³-hybridized carbons (Fsp3) is 0.875. The molecule has 3 N–H and O–H groups in total. The number of rotatable bonds is 1. The molecule has 2 bridgehead atoms. The molecule has 3 aliphatic rings. The predicted octanol–water partition coefficient (Wildman–Crippen LogP) is -0.165. The third kappa shape index (κ3) is 0.800. The van der Waals surface area contributed by atoms with Gasteiger partial charge in [0.25, 0.3) is 0 Å². The number of nitrogens with one attached hydrogen (secondary N) is 1. The van der Waals surface area contributed by atoms with Crippen LogP contribution in [0.4, 0.5) is 0 Å². The smallest absolute Gasteiger partial charge is 0.106 e. The van der Waals surface area contributed by atoms with Crippen molar-refractivity contribution in [1.29, 1.82) is 5.26 Å². The van der Waals surface area contributed by atoms with Gasteiger partial charge in [-0.3, -0.25) is 0 Å². The van der Waals surface area contributed by atoms with Gasteiger partial charge < -0.3 is 11.1 Å². The van der Waals surface area contributed by atoms with E-state index in [-0.39, 0.29) is 0 Å². The van der Waals surface area contributed by atoms with E-state index < -0.39 is 5.54 Å². The summed E-state index contributed by atoms with van der Waals surface area (Å²) in [7, 11) is 0. The minimum Gasteiger partial charge on any atom is -0.313 e. The first kappa shape index (κ1) is 7.08. The van der Waals surface area contributed by atoms with Gasteiger partial charge in [-0.25, -0.2) is 0 Å². The second kappa shape index (κ2) is 1.96. The Morgan fingerprint density at radius 3 is 2.82 bits per heavy atom. The van der Waals surface area contributed by atoms with Crippen LogP contribution in [0, 0.1) is 23.2 Å². The topological polar surface area (TPSA) is 61.8 Å². The second-order valence-corrected chi connectivity index (χ2v) is 3.93. The first-order valence-electron chi connectivity index (χ1n) is 4.08. The lowest BCUT2D eigenvalue weighted by atomic mass is 9.65. The summed E-state index contributed by atoms with van der Waals surface area (Å²) in [5.41, 5.74) is 5.23. The van der Waals surface area contributed by atoms with E-state index in [9.17, 15) is 0 Å². The summed E-state index contributed by atoms with van der Waals surface area (Å²) in [5.74, 6) is 1.06. The molecule has 3 nitrogen and oxygen atoms in total. The van der Waals surface area contributed by atoms with Crippen LogP contribution in [-0.4, -0.2) is 18.1 Å². The van der Waals surface area contributed by atoms with Crippen LogP contribution in [-0.2, 0) is 0 Å². The number of hydrogen-bond acceptors (Lipinski definition) is 3. The van der Waals surface area contributed by atoms with Crippen molar-refractivity contribution in [2.45, 2.75) is 24.9 Å². The van der Waals surface area contributed by atoms with E-state index in [1.807, 2.05) is 6.92 Å². The first-order valence-corrected chi connectivity index (χ1v) is 4.08. The molecule has 1 saturated carbocycles. The zero-order chi connectivity index (χ0) is 8.06. The molecule has 2 aliphatic heterocycles. The van der Waals surface area contributed by atoms with Gasteiger partial charge in [0, 0.05) is 12.0 Å². The van der Waals surface area contributed by atoms with Gasteiger partial charge in [0.05, 0.1) is 6.07 Å². The highest BCUT2D eigenvalue weighted by molar-refractivity contribution is 5.18. The van der Waals surface area contributed by atoms with Gasteiger partial charge in [-0.2, -0.15) is 5.26 Å². The van der Waals surface area contributed by atoms with Crippen LogP contribution in [0.5, 0.6) is 0 Å². The van der Waals surface area contributed by atoms with Crippen LogP contribution in [0.25, 0.3) is 0 Å².